The first-order valence-electron chi connectivity index (χ1n) is 8.19. The predicted octanol–water partition coefficient (Wildman–Crippen LogP) is 4.09. The Hall–Kier alpha value is -3.01. The summed E-state index contributed by atoms with van der Waals surface area (Å²) in [4.78, 5) is 15.4. The van der Waals surface area contributed by atoms with Gasteiger partial charge in [0.1, 0.15) is 0 Å². The van der Waals surface area contributed by atoms with Gasteiger partial charge < -0.3 is 5.73 Å². The molecule has 1 unspecified atom stereocenters. The Morgan fingerprint density at radius 3 is 2.36 bits per heavy atom. The van der Waals surface area contributed by atoms with Crippen molar-refractivity contribution in [3.05, 3.63) is 90.0 Å². The number of amides is 1. The highest BCUT2D eigenvalue weighted by molar-refractivity contribution is 5.81. The third-order valence-electron chi connectivity index (χ3n) is 4.29. The number of halogens is 1. The molecule has 0 saturated carbocycles. The third-order valence-corrected chi connectivity index (χ3v) is 4.29. The predicted molar refractivity (Wildman–Crippen MR) is 96.3 cm³/mol. The van der Waals surface area contributed by atoms with Crippen LogP contribution >= 0.6 is 0 Å². The first-order valence-corrected chi connectivity index (χ1v) is 8.19. The number of aryl methyl sites for hydroxylation is 1. The van der Waals surface area contributed by atoms with Gasteiger partial charge in [-0.25, -0.2) is 4.98 Å². The van der Waals surface area contributed by atoms with Crippen LogP contribution in [0.5, 0.6) is 0 Å². The van der Waals surface area contributed by atoms with Crippen molar-refractivity contribution >= 4 is 5.91 Å². The van der Waals surface area contributed by atoms with Crippen molar-refractivity contribution in [3.63, 3.8) is 0 Å². The molecule has 1 aromatic heterocycles. The van der Waals surface area contributed by atoms with E-state index in [4.69, 9.17) is 5.73 Å². The number of nitrogens with two attached hydrogens (primary N) is 1. The topological polar surface area (TPSA) is 56.0 Å². The highest BCUT2D eigenvalue weighted by atomic mass is 19.1. The van der Waals surface area contributed by atoms with Crippen molar-refractivity contribution in [2.45, 2.75) is 18.8 Å². The number of primary amides is 1. The first-order chi connectivity index (χ1) is 12.1. The number of pyridine rings is 1. The molecular formula is C21H19FN2O. The van der Waals surface area contributed by atoms with E-state index in [2.05, 4.69) is 4.98 Å². The fraction of sp³-hybridized carbons (Fsp3) is 0.143. The van der Waals surface area contributed by atoms with Crippen LogP contribution in [0.4, 0.5) is 4.39 Å². The van der Waals surface area contributed by atoms with Gasteiger partial charge in [-0.2, -0.15) is 4.39 Å². The van der Waals surface area contributed by atoms with E-state index in [9.17, 15) is 9.18 Å². The molecule has 0 radical (unpaired) electrons. The average molecular weight is 334 g/mol. The van der Waals surface area contributed by atoms with Crippen LogP contribution < -0.4 is 5.73 Å². The van der Waals surface area contributed by atoms with Gasteiger partial charge >= 0.3 is 0 Å². The summed E-state index contributed by atoms with van der Waals surface area (Å²) in [5, 5.41) is 0. The van der Waals surface area contributed by atoms with Crippen LogP contribution in [0.1, 0.15) is 23.5 Å². The fourth-order valence-corrected chi connectivity index (χ4v) is 2.92. The number of hydrogen-bond acceptors (Lipinski definition) is 2. The smallest absolute Gasteiger partial charge is 0.224 e. The standard InChI is InChI=1S/C21H19FN2O/c22-20-18(7-4-14-24-20)17-11-8-15(9-12-17)10-13-19(21(23)25)16-5-2-1-3-6-16/h1-9,11-12,14,19H,10,13H2,(H2,23,25). The number of carbonyl (C=O) groups is 1. The summed E-state index contributed by atoms with van der Waals surface area (Å²) in [7, 11) is 0. The monoisotopic (exact) mass is 334 g/mol. The zero-order valence-electron chi connectivity index (χ0n) is 13.7. The molecule has 0 aliphatic heterocycles. The van der Waals surface area contributed by atoms with Crippen molar-refractivity contribution < 1.29 is 9.18 Å². The number of carbonyl (C=O) groups excluding carboxylic acids is 1. The maximum atomic E-state index is 13.7. The van der Waals surface area contributed by atoms with E-state index in [-0.39, 0.29) is 11.8 Å². The Morgan fingerprint density at radius 2 is 1.72 bits per heavy atom. The quantitative estimate of drug-likeness (QED) is 0.690. The van der Waals surface area contributed by atoms with Crippen LogP contribution in [0.25, 0.3) is 11.1 Å². The second-order valence-electron chi connectivity index (χ2n) is 5.94. The number of hydrogen-bond donors (Lipinski definition) is 1. The van der Waals surface area contributed by atoms with Crippen LogP contribution in [0.15, 0.2) is 72.9 Å². The SMILES string of the molecule is NC(=O)C(CCc1ccc(-c2cccnc2F)cc1)c1ccccc1. The van der Waals surface area contributed by atoms with Crippen LogP contribution in [-0.2, 0) is 11.2 Å². The van der Waals surface area contributed by atoms with Gasteiger partial charge in [-0.05, 0) is 41.7 Å². The number of nitrogens with zero attached hydrogens (tertiary/aromatic N) is 1. The lowest BCUT2D eigenvalue weighted by Gasteiger charge is -2.14. The van der Waals surface area contributed by atoms with Gasteiger partial charge in [0.05, 0.1) is 5.92 Å². The molecule has 0 aliphatic rings. The summed E-state index contributed by atoms with van der Waals surface area (Å²) in [6, 6.07) is 20.6. The van der Waals surface area contributed by atoms with Gasteiger partial charge in [-0.1, -0.05) is 54.6 Å². The lowest BCUT2D eigenvalue weighted by Crippen LogP contribution is -2.22. The summed E-state index contributed by atoms with van der Waals surface area (Å²) in [6.45, 7) is 0. The number of rotatable bonds is 6. The number of benzene rings is 2. The van der Waals surface area contributed by atoms with Gasteiger partial charge in [0.15, 0.2) is 0 Å². The molecule has 1 atom stereocenters. The fourth-order valence-electron chi connectivity index (χ4n) is 2.92. The molecule has 1 amide bonds. The Morgan fingerprint density at radius 1 is 1.00 bits per heavy atom. The highest BCUT2D eigenvalue weighted by Crippen LogP contribution is 2.24. The van der Waals surface area contributed by atoms with E-state index in [1.54, 1.807) is 12.1 Å². The summed E-state index contributed by atoms with van der Waals surface area (Å²) in [6.07, 6.45) is 2.79. The van der Waals surface area contributed by atoms with E-state index in [1.807, 2.05) is 54.6 Å². The molecule has 4 heteroatoms. The molecule has 0 spiro atoms. The lowest BCUT2D eigenvalue weighted by molar-refractivity contribution is -0.119. The van der Waals surface area contributed by atoms with Crippen molar-refractivity contribution in [2.75, 3.05) is 0 Å². The molecule has 3 rings (SSSR count). The summed E-state index contributed by atoms with van der Waals surface area (Å²) >= 11 is 0. The van der Waals surface area contributed by atoms with Crippen LogP contribution in [0.2, 0.25) is 0 Å². The molecule has 0 bridgehead atoms. The molecule has 3 aromatic rings. The van der Waals surface area contributed by atoms with Gasteiger partial charge in [0, 0.05) is 11.8 Å². The number of aromatic nitrogens is 1. The second-order valence-corrected chi connectivity index (χ2v) is 5.94. The maximum Gasteiger partial charge on any atom is 0.224 e. The molecule has 1 heterocycles. The third kappa shape index (κ3) is 4.10. The summed E-state index contributed by atoms with van der Waals surface area (Å²) < 4.78 is 13.7. The Labute approximate surface area is 146 Å². The Kier molecular flexibility index (Phi) is 5.19. The van der Waals surface area contributed by atoms with E-state index < -0.39 is 5.95 Å². The molecule has 0 fully saturated rings. The molecular weight excluding hydrogens is 315 g/mol. The molecule has 0 aliphatic carbocycles. The second kappa shape index (κ2) is 7.71. The van der Waals surface area contributed by atoms with E-state index in [0.717, 1.165) is 23.1 Å². The van der Waals surface area contributed by atoms with Crippen molar-refractivity contribution in [2.24, 2.45) is 5.73 Å². The maximum absolute atomic E-state index is 13.7. The van der Waals surface area contributed by atoms with Gasteiger partial charge in [-0.3, -0.25) is 4.79 Å². The van der Waals surface area contributed by atoms with Crippen LogP contribution in [0.3, 0.4) is 0 Å². The van der Waals surface area contributed by atoms with Gasteiger partial charge in [0.25, 0.3) is 0 Å². The minimum absolute atomic E-state index is 0.309. The van der Waals surface area contributed by atoms with Crippen molar-refractivity contribution in [1.29, 1.82) is 0 Å². The molecule has 25 heavy (non-hydrogen) atoms. The van der Waals surface area contributed by atoms with Crippen LogP contribution in [-0.4, -0.2) is 10.9 Å². The average Bonchev–Trinajstić information content (AvgIpc) is 2.64. The summed E-state index contributed by atoms with van der Waals surface area (Å²) in [5.74, 6) is -1.11. The van der Waals surface area contributed by atoms with Crippen molar-refractivity contribution in [1.82, 2.24) is 4.98 Å². The summed E-state index contributed by atoms with van der Waals surface area (Å²) in [5.41, 5.74) is 8.84. The Bertz CT molecular complexity index is 847. The van der Waals surface area contributed by atoms with E-state index >= 15 is 0 Å². The van der Waals surface area contributed by atoms with E-state index in [1.165, 1.54) is 6.20 Å². The zero-order chi connectivity index (χ0) is 17.6. The van der Waals surface area contributed by atoms with E-state index in [0.29, 0.717) is 12.0 Å². The minimum atomic E-state index is -0.479. The normalized spacial score (nSPS) is 11.9. The molecule has 2 aromatic carbocycles. The highest BCUT2D eigenvalue weighted by Gasteiger charge is 2.17. The zero-order valence-corrected chi connectivity index (χ0v) is 13.7. The van der Waals surface area contributed by atoms with Crippen LogP contribution in [0, 0.1) is 5.95 Å². The molecule has 126 valence electrons. The Balaban J connectivity index is 1.71. The van der Waals surface area contributed by atoms with Gasteiger partial charge in [0.2, 0.25) is 11.9 Å². The van der Waals surface area contributed by atoms with Crippen molar-refractivity contribution in [3.8, 4) is 11.1 Å². The first kappa shape index (κ1) is 16.8. The molecule has 3 nitrogen and oxygen atoms in total. The lowest BCUT2D eigenvalue weighted by atomic mass is 9.91. The van der Waals surface area contributed by atoms with Gasteiger partial charge in [-0.15, -0.1) is 0 Å². The molecule has 0 saturated heterocycles. The largest absolute Gasteiger partial charge is 0.369 e. The molecule has 2 N–H and O–H groups in total. The minimum Gasteiger partial charge on any atom is -0.369 e.